The topological polar surface area (TPSA) is 52.0 Å². The number of hydrogen-bond acceptors (Lipinski definition) is 4. The maximum atomic E-state index is 9.17. The van der Waals surface area contributed by atoms with Gasteiger partial charge in [-0.2, -0.15) is 5.26 Å². The Labute approximate surface area is 126 Å². The lowest BCUT2D eigenvalue weighted by Crippen LogP contribution is -2.18. The predicted octanol–water partition coefficient (Wildman–Crippen LogP) is 3.41. The van der Waals surface area contributed by atoms with Crippen molar-refractivity contribution in [2.45, 2.75) is 19.9 Å². The van der Waals surface area contributed by atoms with Crippen molar-refractivity contribution < 1.29 is 0 Å². The van der Waals surface area contributed by atoms with Crippen molar-refractivity contribution in [3.8, 4) is 6.07 Å². The van der Waals surface area contributed by atoms with Gasteiger partial charge >= 0.3 is 0 Å². The molecule has 0 fully saturated rings. The summed E-state index contributed by atoms with van der Waals surface area (Å²) >= 11 is 0. The zero-order valence-corrected chi connectivity index (χ0v) is 12.5. The first-order chi connectivity index (χ1) is 10.2. The summed E-state index contributed by atoms with van der Waals surface area (Å²) in [5, 5.41) is 12.5. The lowest BCUT2D eigenvalue weighted by atomic mass is 10.1. The van der Waals surface area contributed by atoms with E-state index >= 15 is 0 Å². The van der Waals surface area contributed by atoms with E-state index in [1.165, 1.54) is 0 Å². The predicted molar refractivity (Wildman–Crippen MR) is 86.3 cm³/mol. The van der Waals surface area contributed by atoms with E-state index in [0.717, 1.165) is 30.0 Å². The Balaban J connectivity index is 2.12. The van der Waals surface area contributed by atoms with Crippen molar-refractivity contribution in [1.29, 1.82) is 5.26 Å². The average molecular weight is 280 g/mol. The maximum Gasteiger partial charge on any atom is 0.101 e. The minimum Gasteiger partial charge on any atom is -0.385 e. The Hall–Kier alpha value is -2.54. The van der Waals surface area contributed by atoms with Gasteiger partial charge in [0.05, 0.1) is 23.5 Å². The van der Waals surface area contributed by atoms with Gasteiger partial charge in [-0.3, -0.25) is 4.98 Å². The summed E-state index contributed by atoms with van der Waals surface area (Å²) in [4.78, 5) is 6.45. The fraction of sp³-hybridized carbons (Fsp3) is 0.294. The zero-order valence-electron chi connectivity index (χ0n) is 12.5. The lowest BCUT2D eigenvalue weighted by molar-refractivity contribution is 0.882. The summed E-state index contributed by atoms with van der Waals surface area (Å²) in [6.45, 7) is 3.76. The molecule has 21 heavy (non-hydrogen) atoms. The molecule has 1 aromatic carbocycles. The number of anilines is 2. The molecule has 0 aliphatic rings. The van der Waals surface area contributed by atoms with Gasteiger partial charge < -0.3 is 10.2 Å². The molecule has 1 aromatic heterocycles. The number of nitrogens with zero attached hydrogens (tertiary/aromatic N) is 3. The summed E-state index contributed by atoms with van der Waals surface area (Å²) in [6, 6.07) is 13.9. The van der Waals surface area contributed by atoms with Crippen LogP contribution in [0.2, 0.25) is 0 Å². The Morgan fingerprint density at radius 1 is 1.29 bits per heavy atom. The van der Waals surface area contributed by atoms with Crippen molar-refractivity contribution in [2.75, 3.05) is 23.8 Å². The van der Waals surface area contributed by atoms with Crippen LogP contribution >= 0.6 is 0 Å². The van der Waals surface area contributed by atoms with Gasteiger partial charge in [-0.15, -0.1) is 0 Å². The van der Waals surface area contributed by atoms with Gasteiger partial charge in [0.15, 0.2) is 0 Å². The minimum atomic E-state index is 0.667. The van der Waals surface area contributed by atoms with Crippen LogP contribution in [0.25, 0.3) is 0 Å². The van der Waals surface area contributed by atoms with E-state index in [-0.39, 0.29) is 0 Å². The number of pyridine rings is 1. The Morgan fingerprint density at radius 2 is 2.10 bits per heavy atom. The third kappa shape index (κ3) is 3.96. The molecule has 2 aromatic rings. The smallest absolute Gasteiger partial charge is 0.101 e. The highest BCUT2D eigenvalue weighted by molar-refractivity contribution is 5.59. The third-order valence-electron chi connectivity index (χ3n) is 3.23. The summed E-state index contributed by atoms with van der Waals surface area (Å²) in [5.74, 6) is 0. The van der Waals surface area contributed by atoms with Crippen molar-refractivity contribution in [3.05, 3.63) is 53.9 Å². The van der Waals surface area contributed by atoms with Crippen molar-refractivity contribution in [3.63, 3.8) is 0 Å². The van der Waals surface area contributed by atoms with Crippen molar-refractivity contribution >= 4 is 11.4 Å². The molecular formula is C17H20N4. The van der Waals surface area contributed by atoms with E-state index in [1.54, 1.807) is 0 Å². The molecule has 1 heterocycles. The monoisotopic (exact) mass is 280 g/mol. The lowest BCUT2D eigenvalue weighted by Gasteiger charge is -2.20. The standard InChI is InChI=1S/C17H20N4/c1-3-9-19-15-8-10-20-16(11-15)13-21(2)17-7-5-4-6-14(17)12-18/h4-8,10-11H,3,9,13H2,1-2H3,(H,19,20). The van der Waals surface area contributed by atoms with Crippen LogP contribution in [0.1, 0.15) is 24.6 Å². The van der Waals surface area contributed by atoms with Crippen molar-refractivity contribution in [1.82, 2.24) is 4.98 Å². The van der Waals surface area contributed by atoms with Crippen LogP contribution in [0, 0.1) is 11.3 Å². The Kier molecular flexibility index (Phi) is 5.16. The number of benzene rings is 1. The first-order valence-corrected chi connectivity index (χ1v) is 7.13. The van der Waals surface area contributed by atoms with E-state index in [2.05, 4.69) is 29.4 Å². The molecule has 108 valence electrons. The molecule has 0 aliphatic heterocycles. The van der Waals surface area contributed by atoms with Crippen LogP contribution in [0.3, 0.4) is 0 Å². The maximum absolute atomic E-state index is 9.17. The van der Waals surface area contributed by atoms with Gasteiger partial charge in [0, 0.05) is 25.5 Å². The number of rotatable bonds is 6. The fourth-order valence-electron chi connectivity index (χ4n) is 2.17. The molecule has 4 heteroatoms. The number of hydrogen-bond donors (Lipinski definition) is 1. The quantitative estimate of drug-likeness (QED) is 0.881. The number of para-hydroxylation sites is 1. The molecule has 0 atom stereocenters. The van der Waals surface area contributed by atoms with Crippen LogP contribution in [0.15, 0.2) is 42.6 Å². The molecule has 0 radical (unpaired) electrons. The molecule has 0 saturated heterocycles. The largest absolute Gasteiger partial charge is 0.385 e. The third-order valence-corrected chi connectivity index (χ3v) is 3.23. The summed E-state index contributed by atoms with van der Waals surface area (Å²) < 4.78 is 0. The molecule has 1 N–H and O–H groups in total. The first kappa shape index (κ1) is 14.9. The second-order valence-corrected chi connectivity index (χ2v) is 4.95. The molecule has 0 spiro atoms. The van der Waals surface area contributed by atoms with Gasteiger partial charge in [-0.1, -0.05) is 19.1 Å². The van der Waals surface area contributed by atoms with Gasteiger partial charge in [0.1, 0.15) is 6.07 Å². The molecule has 0 bridgehead atoms. The summed E-state index contributed by atoms with van der Waals surface area (Å²) in [6.07, 6.45) is 2.91. The van der Waals surface area contributed by atoms with Crippen LogP contribution < -0.4 is 10.2 Å². The molecule has 0 amide bonds. The average Bonchev–Trinajstić information content (AvgIpc) is 2.53. The molecule has 0 unspecified atom stereocenters. The molecule has 0 aliphatic carbocycles. The van der Waals surface area contributed by atoms with Crippen LogP contribution in [-0.4, -0.2) is 18.6 Å². The van der Waals surface area contributed by atoms with Crippen LogP contribution in [-0.2, 0) is 6.54 Å². The molecule has 4 nitrogen and oxygen atoms in total. The minimum absolute atomic E-state index is 0.667. The van der Waals surface area contributed by atoms with Crippen molar-refractivity contribution in [2.24, 2.45) is 0 Å². The zero-order chi connectivity index (χ0) is 15.1. The van der Waals surface area contributed by atoms with Gasteiger partial charge in [-0.05, 0) is 30.7 Å². The van der Waals surface area contributed by atoms with Crippen LogP contribution in [0.5, 0.6) is 0 Å². The van der Waals surface area contributed by atoms with Crippen LogP contribution in [0.4, 0.5) is 11.4 Å². The Bertz CT molecular complexity index is 631. The van der Waals surface area contributed by atoms with Gasteiger partial charge in [0.2, 0.25) is 0 Å². The first-order valence-electron chi connectivity index (χ1n) is 7.13. The Morgan fingerprint density at radius 3 is 2.86 bits per heavy atom. The number of nitriles is 1. The fourth-order valence-corrected chi connectivity index (χ4v) is 2.17. The highest BCUT2D eigenvalue weighted by atomic mass is 15.1. The SMILES string of the molecule is CCCNc1ccnc(CN(C)c2ccccc2C#N)c1. The van der Waals surface area contributed by atoms with E-state index in [0.29, 0.717) is 12.1 Å². The molecule has 2 rings (SSSR count). The van der Waals surface area contributed by atoms with E-state index < -0.39 is 0 Å². The molecular weight excluding hydrogens is 260 g/mol. The second kappa shape index (κ2) is 7.30. The highest BCUT2D eigenvalue weighted by Crippen LogP contribution is 2.20. The van der Waals surface area contributed by atoms with E-state index in [9.17, 15) is 5.26 Å². The van der Waals surface area contributed by atoms with E-state index in [4.69, 9.17) is 0 Å². The van der Waals surface area contributed by atoms with Gasteiger partial charge in [-0.25, -0.2) is 0 Å². The molecule has 0 saturated carbocycles. The highest BCUT2D eigenvalue weighted by Gasteiger charge is 2.08. The van der Waals surface area contributed by atoms with E-state index in [1.807, 2.05) is 48.5 Å². The number of nitrogens with one attached hydrogen (secondary N) is 1. The van der Waals surface area contributed by atoms with Gasteiger partial charge in [0.25, 0.3) is 0 Å². The normalized spacial score (nSPS) is 9.95. The summed E-state index contributed by atoms with van der Waals surface area (Å²) in [5.41, 5.74) is 3.67. The summed E-state index contributed by atoms with van der Waals surface area (Å²) in [7, 11) is 1.98. The second-order valence-electron chi connectivity index (χ2n) is 4.95. The number of aromatic nitrogens is 1.